The van der Waals surface area contributed by atoms with Gasteiger partial charge in [0.1, 0.15) is 5.52 Å². The van der Waals surface area contributed by atoms with E-state index in [4.69, 9.17) is 11.6 Å². The average Bonchev–Trinajstić information content (AvgIpc) is 2.73. The molecule has 104 valence electrons. The third kappa shape index (κ3) is 4.05. The fraction of sp³-hybridized carbons (Fsp3) is 0.333. The van der Waals surface area contributed by atoms with Crippen molar-refractivity contribution < 1.29 is 10.3 Å². The molecule has 2 amide bonds. The Labute approximate surface area is 120 Å². The number of thiazole rings is 1. The lowest BCUT2D eigenvalue weighted by Gasteiger charge is -2.03. The summed E-state index contributed by atoms with van der Waals surface area (Å²) in [6, 6.07) is 5.36. The van der Waals surface area contributed by atoms with Crippen LogP contribution in [-0.4, -0.2) is 23.0 Å². The van der Waals surface area contributed by atoms with Gasteiger partial charge in [-0.2, -0.15) is 0 Å². The third-order valence-electron chi connectivity index (χ3n) is 2.41. The van der Waals surface area contributed by atoms with Crippen LogP contribution in [0.25, 0.3) is 10.2 Å². The standard InChI is InChI=1S/C12H14ClN3OS.H2O/c1-2-3-7-14-11(17)16-12-15-10-8(13)5-4-6-9(10)18-12;/h4-6H,2-3,7H2,1H3,(H2,14,15,16,17);1H2. The first-order valence-corrected chi connectivity index (χ1v) is 7.00. The van der Waals surface area contributed by atoms with Crippen LogP contribution in [0.3, 0.4) is 0 Å². The Bertz CT molecular complexity index is 559. The number of rotatable bonds is 4. The van der Waals surface area contributed by atoms with Crippen molar-refractivity contribution in [2.45, 2.75) is 19.8 Å². The molecule has 1 aromatic carbocycles. The number of carbonyl (C=O) groups excluding carboxylic acids is 1. The van der Waals surface area contributed by atoms with Gasteiger partial charge >= 0.3 is 6.03 Å². The Morgan fingerprint density at radius 3 is 2.95 bits per heavy atom. The molecule has 1 heterocycles. The predicted molar refractivity (Wildman–Crippen MR) is 80.2 cm³/mol. The van der Waals surface area contributed by atoms with Crippen molar-refractivity contribution >= 4 is 44.3 Å². The first kappa shape index (κ1) is 15.7. The summed E-state index contributed by atoms with van der Waals surface area (Å²) in [6.45, 7) is 2.75. The van der Waals surface area contributed by atoms with Crippen molar-refractivity contribution in [3.05, 3.63) is 23.2 Å². The van der Waals surface area contributed by atoms with E-state index in [9.17, 15) is 4.79 Å². The van der Waals surface area contributed by atoms with Crippen LogP contribution < -0.4 is 10.6 Å². The summed E-state index contributed by atoms with van der Waals surface area (Å²) < 4.78 is 0.964. The molecule has 19 heavy (non-hydrogen) atoms. The fourth-order valence-electron chi connectivity index (χ4n) is 1.49. The van der Waals surface area contributed by atoms with E-state index >= 15 is 0 Å². The first-order valence-electron chi connectivity index (χ1n) is 5.80. The highest BCUT2D eigenvalue weighted by atomic mass is 35.5. The number of unbranched alkanes of at least 4 members (excludes halogenated alkanes) is 1. The Morgan fingerprint density at radius 1 is 1.47 bits per heavy atom. The summed E-state index contributed by atoms with van der Waals surface area (Å²) in [5.41, 5.74) is 0.730. The van der Waals surface area contributed by atoms with Crippen molar-refractivity contribution in [2.75, 3.05) is 11.9 Å². The number of para-hydroxylation sites is 1. The maximum Gasteiger partial charge on any atom is 0.321 e. The minimum absolute atomic E-state index is 0. The highest BCUT2D eigenvalue weighted by Gasteiger charge is 2.08. The van der Waals surface area contributed by atoms with Gasteiger partial charge in [-0.15, -0.1) is 0 Å². The monoisotopic (exact) mass is 301 g/mol. The van der Waals surface area contributed by atoms with Gasteiger partial charge in [0.15, 0.2) is 5.13 Å². The highest BCUT2D eigenvalue weighted by Crippen LogP contribution is 2.30. The molecule has 5 nitrogen and oxygen atoms in total. The van der Waals surface area contributed by atoms with Crippen LogP contribution in [0.4, 0.5) is 9.93 Å². The summed E-state index contributed by atoms with van der Waals surface area (Å²) >= 11 is 7.44. The van der Waals surface area contributed by atoms with Crippen LogP contribution in [0.1, 0.15) is 19.8 Å². The maximum absolute atomic E-state index is 11.6. The molecular weight excluding hydrogens is 286 g/mol. The molecule has 2 aromatic rings. The van der Waals surface area contributed by atoms with Gasteiger partial charge < -0.3 is 10.8 Å². The number of benzene rings is 1. The lowest BCUT2D eigenvalue weighted by atomic mass is 10.3. The zero-order valence-corrected chi connectivity index (χ0v) is 12.1. The Hall–Kier alpha value is -1.37. The Morgan fingerprint density at radius 2 is 2.26 bits per heavy atom. The quantitative estimate of drug-likeness (QED) is 0.850. The molecule has 0 atom stereocenters. The van der Waals surface area contributed by atoms with Crippen LogP contribution in [0, 0.1) is 0 Å². The topological polar surface area (TPSA) is 85.5 Å². The number of aromatic nitrogens is 1. The molecule has 0 bridgehead atoms. The van der Waals surface area contributed by atoms with Crippen LogP contribution in [0.2, 0.25) is 5.02 Å². The van der Waals surface area contributed by atoms with Gasteiger partial charge in [0.05, 0.1) is 9.72 Å². The number of halogens is 1. The van der Waals surface area contributed by atoms with Crippen LogP contribution in [-0.2, 0) is 0 Å². The number of hydrogen-bond acceptors (Lipinski definition) is 3. The normalized spacial score (nSPS) is 10.0. The van der Waals surface area contributed by atoms with E-state index in [1.54, 1.807) is 6.07 Å². The third-order valence-corrected chi connectivity index (χ3v) is 3.65. The minimum atomic E-state index is -0.223. The number of nitrogens with zero attached hydrogens (tertiary/aromatic N) is 1. The first-order chi connectivity index (χ1) is 8.70. The predicted octanol–water partition coefficient (Wildman–Crippen LogP) is 3.05. The van der Waals surface area contributed by atoms with Crippen molar-refractivity contribution in [1.29, 1.82) is 0 Å². The number of amides is 2. The summed E-state index contributed by atoms with van der Waals surface area (Å²) in [5, 5.41) is 6.65. The molecule has 0 radical (unpaired) electrons. The van der Waals surface area contributed by atoms with Gasteiger partial charge in [0.25, 0.3) is 0 Å². The second-order valence-corrected chi connectivity index (χ2v) is 5.28. The summed E-state index contributed by atoms with van der Waals surface area (Å²) in [7, 11) is 0. The van der Waals surface area contributed by atoms with Crippen LogP contribution in [0.15, 0.2) is 18.2 Å². The number of hydrogen-bond donors (Lipinski definition) is 2. The number of fused-ring (bicyclic) bond motifs is 1. The van der Waals surface area contributed by atoms with Gasteiger partial charge in [-0.25, -0.2) is 9.78 Å². The second kappa shape index (κ2) is 7.28. The molecule has 0 aliphatic carbocycles. The molecule has 0 aliphatic heterocycles. The lowest BCUT2D eigenvalue weighted by molar-refractivity contribution is 0.252. The van der Waals surface area contributed by atoms with Crippen LogP contribution >= 0.6 is 22.9 Å². The Balaban J connectivity index is 0.00000180. The second-order valence-electron chi connectivity index (χ2n) is 3.84. The molecule has 0 aliphatic rings. The smallest absolute Gasteiger partial charge is 0.321 e. The van der Waals surface area contributed by atoms with Crippen LogP contribution in [0.5, 0.6) is 0 Å². The van der Waals surface area contributed by atoms with E-state index in [-0.39, 0.29) is 11.5 Å². The van der Waals surface area contributed by atoms with Gasteiger partial charge in [-0.05, 0) is 18.6 Å². The molecule has 0 spiro atoms. The molecular formula is C12H16ClN3O2S. The van der Waals surface area contributed by atoms with Crippen molar-refractivity contribution in [1.82, 2.24) is 10.3 Å². The summed E-state index contributed by atoms with van der Waals surface area (Å²) in [5.74, 6) is 0. The van der Waals surface area contributed by atoms with E-state index in [2.05, 4.69) is 22.5 Å². The van der Waals surface area contributed by atoms with Crippen molar-refractivity contribution in [3.63, 3.8) is 0 Å². The number of anilines is 1. The minimum Gasteiger partial charge on any atom is -0.412 e. The molecule has 4 N–H and O–H groups in total. The average molecular weight is 302 g/mol. The SMILES string of the molecule is CCCCNC(=O)Nc1nc2c(Cl)cccc2s1.O. The van der Waals surface area contributed by atoms with Gasteiger partial charge in [0, 0.05) is 6.54 Å². The van der Waals surface area contributed by atoms with Gasteiger partial charge in [-0.3, -0.25) is 5.32 Å². The molecule has 0 unspecified atom stereocenters. The lowest BCUT2D eigenvalue weighted by Crippen LogP contribution is -2.29. The maximum atomic E-state index is 11.6. The van der Waals surface area contributed by atoms with Gasteiger partial charge in [-0.1, -0.05) is 42.3 Å². The number of carbonyl (C=O) groups is 1. The molecule has 1 aromatic heterocycles. The van der Waals surface area contributed by atoms with Crippen molar-refractivity contribution in [2.24, 2.45) is 0 Å². The zero-order valence-electron chi connectivity index (χ0n) is 10.5. The van der Waals surface area contributed by atoms with E-state index in [0.29, 0.717) is 16.7 Å². The van der Waals surface area contributed by atoms with E-state index < -0.39 is 0 Å². The van der Waals surface area contributed by atoms with Gasteiger partial charge in [0.2, 0.25) is 0 Å². The molecule has 0 saturated carbocycles. The number of nitrogens with one attached hydrogen (secondary N) is 2. The zero-order chi connectivity index (χ0) is 13.0. The van der Waals surface area contributed by atoms with E-state index in [0.717, 1.165) is 23.1 Å². The molecule has 0 fully saturated rings. The largest absolute Gasteiger partial charge is 0.412 e. The number of urea groups is 1. The molecule has 0 saturated heterocycles. The fourth-order valence-corrected chi connectivity index (χ4v) is 2.65. The Kier molecular flexibility index (Phi) is 6.01. The summed E-state index contributed by atoms with van der Waals surface area (Å²) in [4.78, 5) is 15.9. The van der Waals surface area contributed by atoms with E-state index in [1.165, 1.54) is 11.3 Å². The van der Waals surface area contributed by atoms with Crippen molar-refractivity contribution in [3.8, 4) is 0 Å². The summed E-state index contributed by atoms with van der Waals surface area (Å²) in [6.07, 6.45) is 2.02. The molecule has 2 rings (SSSR count). The highest BCUT2D eigenvalue weighted by molar-refractivity contribution is 7.22. The van der Waals surface area contributed by atoms with E-state index in [1.807, 2.05) is 12.1 Å². The molecule has 7 heteroatoms.